The second kappa shape index (κ2) is 9.31. The van der Waals surface area contributed by atoms with Crippen LogP contribution in [0.2, 0.25) is 0 Å². The number of rotatable bonds is 4. The van der Waals surface area contributed by atoms with Crippen molar-refractivity contribution >= 4 is 39.1 Å². The van der Waals surface area contributed by atoms with Crippen LogP contribution in [0.5, 0.6) is 0 Å². The second-order valence-electron chi connectivity index (χ2n) is 9.81. The number of nitrogens with zero attached hydrogens (tertiary/aromatic N) is 4. The van der Waals surface area contributed by atoms with Gasteiger partial charge in [0.15, 0.2) is 0 Å². The van der Waals surface area contributed by atoms with E-state index >= 15 is 0 Å². The molecule has 0 aromatic heterocycles. The highest BCUT2D eigenvalue weighted by Gasteiger charge is 2.36. The zero-order chi connectivity index (χ0) is 25.6. The Hall–Kier alpha value is -3.27. The predicted molar refractivity (Wildman–Crippen MR) is 140 cm³/mol. The van der Waals surface area contributed by atoms with Crippen LogP contribution in [0.3, 0.4) is 0 Å². The second-order valence-corrected chi connectivity index (χ2v) is 11.8. The number of piperazine rings is 1. The fourth-order valence-electron chi connectivity index (χ4n) is 5.32. The lowest BCUT2D eigenvalue weighted by molar-refractivity contribution is 0.0747. The number of hydrogen-bond donors (Lipinski definition) is 0. The minimum Gasteiger partial charge on any atom is -0.447 e. The number of ether oxygens (including phenoxy) is 1. The minimum absolute atomic E-state index is 0.0432. The Morgan fingerprint density at radius 1 is 0.972 bits per heavy atom. The first-order valence-electron chi connectivity index (χ1n) is 12.4. The molecule has 5 rings (SSSR count). The van der Waals surface area contributed by atoms with E-state index in [1.54, 1.807) is 23.1 Å². The first-order valence-corrected chi connectivity index (χ1v) is 14.0. The van der Waals surface area contributed by atoms with E-state index in [2.05, 4.69) is 36.9 Å². The molecule has 2 aromatic rings. The summed E-state index contributed by atoms with van der Waals surface area (Å²) in [5.41, 5.74) is 4.80. The zero-order valence-electron chi connectivity index (χ0n) is 20.9. The molecule has 2 aromatic carbocycles. The first kappa shape index (κ1) is 24.4. The molecule has 0 bridgehead atoms. The first-order chi connectivity index (χ1) is 17.2. The number of carbonyl (C=O) groups is 2. The molecule has 3 aliphatic rings. The maximum Gasteiger partial charge on any atom is 0.414 e. The monoisotopic (exact) mass is 512 g/mol. The highest BCUT2D eigenvalue weighted by Crippen LogP contribution is 2.35. The van der Waals surface area contributed by atoms with Crippen molar-refractivity contribution in [3.8, 4) is 0 Å². The van der Waals surface area contributed by atoms with Crippen LogP contribution < -0.4 is 14.1 Å². The van der Waals surface area contributed by atoms with Gasteiger partial charge in [-0.25, -0.2) is 13.2 Å². The summed E-state index contributed by atoms with van der Waals surface area (Å²) in [7, 11) is -3.53. The maximum absolute atomic E-state index is 13.7. The van der Waals surface area contributed by atoms with Crippen molar-refractivity contribution in [1.82, 2.24) is 4.90 Å². The average Bonchev–Trinajstić information content (AvgIpc) is 3.38. The van der Waals surface area contributed by atoms with Crippen LogP contribution in [0.1, 0.15) is 34.8 Å². The topological polar surface area (TPSA) is 90.5 Å². The fourth-order valence-corrected chi connectivity index (χ4v) is 6.90. The molecule has 0 saturated carbocycles. The molecule has 3 saturated heterocycles. The van der Waals surface area contributed by atoms with Crippen LogP contribution >= 0.6 is 0 Å². The third kappa shape index (κ3) is 4.38. The number of hydrogen-bond acceptors (Lipinski definition) is 6. The van der Waals surface area contributed by atoms with Gasteiger partial charge in [-0.05, 0) is 57.0 Å². The molecule has 3 aliphatic heterocycles. The van der Waals surface area contributed by atoms with Gasteiger partial charge in [-0.2, -0.15) is 0 Å². The average molecular weight is 513 g/mol. The van der Waals surface area contributed by atoms with Gasteiger partial charge >= 0.3 is 6.09 Å². The SMILES string of the molecule is Cc1ccc(N2CCN(C(=O)c3ccc(N4C(=O)OC[C@H]4C)cc3N3CCCS3(=O)=O)CC2)c(C)c1. The number of cyclic esters (lactones) is 1. The third-order valence-electron chi connectivity index (χ3n) is 7.20. The van der Waals surface area contributed by atoms with Gasteiger partial charge in [-0.15, -0.1) is 0 Å². The van der Waals surface area contributed by atoms with E-state index in [0.717, 1.165) is 0 Å². The van der Waals surface area contributed by atoms with Crippen LogP contribution in [-0.2, 0) is 14.8 Å². The van der Waals surface area contributed by atoms with Crippen molar-refractivity contribution in [1.29, 1.82) is 0 Å². The van der Waals surface area contributed by atoms with E-state index in [9.17, 15) is 18.0 Å². The molecule has 1 atom stereocenters. The van der Waals surface area contributed by atoms with Gasteiger partial charge in [0.25, 0.3) is 5.91 Å². The predicted octanol–water partition coefficient (Wildman–Crippen LogP) is 3.15. The van der Waals surface area contributed by atoms with Gasteiger partial charge in [-0.3, -0.25) is 14.0 Å². The van der Waals surface area contributed by atoms with E-state index in [-0.39, 0.29) is 24.3 Å². The highest BCUT2D eigenvalue weighted by molar-refractivity contribution is 7.93. The molecule has 0 aliphatic carbocycles. The van der Waals surface area contributed by atoms with Crippen LogP contribution in [0, 0.1) is 13.8 Å². The standard InChI is InChI=1S/C26H32N4O5S/c1-18-5-8-23(19(2)15-18)27-10-12-28(13-11-27)25(31)22-7-6-21(30-20(3)17-35-26(30)32)16-24(22)29-9-4-14-36(29,33)34/h5-8,15-16,20H,4,9-14,17H2,1-3H3/t20-/m1/s1. The summed E-state index contributed by atoms with van der Waals surface area (Å²) in [6, 6.07) is 11.2. The lowest BCUT2D eigenvalue weighted by Gasteiger charge is -2.37. The van der Waals surface area contributed by atoms with Gasteiger partial charge in [0.1, 0.15) is 6.61 Å². The maximum atomic E-state index is 13.7. The van der Waals surface area contributed by atoms with Crippen molar-refractivity contribution in [3.05, 3.63) is 53.1 Å². The molecular weight excluding hydrogens is 480 g/mol. The lowest BCUT2D eigenvalue weighted by Crippen LogP contribution is -2.49. The summed E-state index contributed by atoms with van der Waals surface area (Å²) in [5, 5.41) is 0. The Morgan fingerprint density at radius 3 is 2.33 bits per heavy atom. The van der Waals surface area contributed by atoms with Crippen molar-refractivity contribution < 1.29 is 22.7 Å². The Kier molecular flexibility index (Phi) is 6.32. The van der Waals surface area contributed by atoms with Crippen LogP contribution in [-0.4, -0.2) is 76.4 Å². The largest absolute Gasteiger partial charge is 0.447 e. The molecule has 2 amide bonds. The van der Waals surface area contributed by atoms with Crippen LogP contribution in [0.25, 0.3) is 0 Å². The normalized spacial score (nSPS) is 21.8. The van der Waals surface area contributed by atoms with E-state index in [0.29, 0.717) is 56.1 Å². The van der Waals surface area contributed by atoms with Crippen LogP contribution in [0.15, 0.2) is 36.4 Å². The quantitative estimate of drug-likeness (QED) is 0.625. The van der Waals surface area contributed by atoms with Gasteiger partial charge in [0, 0.05) is 44.1 Å². The molecule has 0 spiro atoms. The number of carbonyl (C=O) groups excluding carboxylic acids is 2. The lowest BCUT2D eigenvalue weighted by atomic mass is 10.1. The zero-order valence-corrected chi connectivity index (χ0v) is 21.8. The Bertz CT molecular complexity index is 1300. The highest BCUT2D eigenvalue weighted by atomic mass is 32.2. The van der Waals surface area contributed by atoms with Gasteiger partial charge in [0.05, 0.1) is 23.0 Å². The molecule has 3 fully saturated rings. The Morgan fingerprint density at radius 2 is 1.72 bits per heavy atom. The molecule has 10 heteroatoms. The number of sulfonamides is 1. The molecule has 0 unspecified atom stereocenters. The summed E-state index contributed by atoms with van der Waals surface area (Å²) < 4.78 is 32.1. The molecule has 0 radical (unpaired) electrons. The number of anilines is 3. The van der Waals surface area contributed by atoms with Gasteiger partial charge in [0.2, 0.25) is 10.0 Å². The molecule has 192 valence electrons. The molecular formula is C26H32N4O5S. The van der Waals surface area contributed by atoms with E-state index in [4.69, 9.17) is 4.74 Å². The van der Waals surface area contributed by atoms with Crippen molar-refractivity contribution in [2.75, 3.05) is 59.2 Å². The summed E-state index contributed by atoms with van der Waals surface area (Å²) in [6.45, 7) is 9.08. The smallest absolute Gasteiger partial charge is 0.414 e. The number of aryl methyl sites for hydroxylation is 2. The minimum atomic E-state index is -3.53. The van der Waals surface area contributed by atoms with E-state index in [1.807, 2.05) is 6.92 Å². The van der Waals surface area contributed by atoms with E-state index in [1.165, 1.54) is 26.0 Å². The summed E-state index contributed by atoms with van der Waals surface area (Å²) in [4.78, 5) is 31.6. The van der Waals surface area contributed by atoms with Crippen molar-refractivity contribution in [2.24, 2.45) is 0 Å². The van der Waals surface area contributed by atoms with Gasteiger partial charge in [-0.1, -0.05) is 17.7 Å². The molecule has 0 N–H and O–H groups in total. The van der Waals surface area contributed by atoms with Crippen molar-refractivity contribution in [3.63, 3.8) is 0 Å². The Balaban J connectivity index is 1.42. The van der Waals surface area contributed by atoms with Crippen molar-refractivity contribution in [2.45, 2.75) is 33.2 Å². The molecule has 3 heterocycles. The van der Waals surface area contributed by atoms with E-state index < -0.39 is 16.1 Å². The molecule has 9 nitrogen and oxygen atoms in total. The summed E-state index contributed by atoms with van der Waals surface area (Å²) >= 11 is 0. The van der Waals surface area contributed by atoms with Gasteiger partial charge < -0.3 is 14.5 Å². The Labute approximate surface area is 212 Å². The number of benzene rings is 2. The van der Waals surface area contributed by atoms with Crippen LogP contribution in [0.4, 0.5) is 21.9 Å². The molecule has 36 heavy (non-hydrogen) atoms. The third-order valence-corrected chi connectivity index (χ3v) is 9.06. The summed E-state index contributed by atoms with van der Waals surface area (Å²) in [5.74, 6) is -0.155. The number of amides is 2. The fraction of sp³-hybridized carbons (Fsp3) is 0.462. The summed E-state index contributed by atoms with van der Waals surface area (Å²) in [6.07, 6.45) is 0.0241.